The van der Waals surface area contributed by atoms with Gasteiger partial charge in [0.15, 0.2) is 5.96 Å². The Labute approximate surface area is 141 Å². The van der Waals surface area contributed by atoms with Crippen LogP contribution in [0.3, 0.4) is 0 Å². The maximum Gasteiger partial charge on any atom is 0.191 e. The van der Waals surface area contributed by atoms with Crippen LogP contribution in [0.1, 0.15) is 46.0 Å². The van der Waals surface area contributed by atoms with Gasteiger partial charge in [0.05, 0.1) is 0 Å². The van der Waals surface area contributed by atoms with Crippen molar-refractivity contribution in [3.05, 3.63) is 0 Å². The first-order valence-electron chi connectivity index (χ1n) is 8.09. The van der Waals surface area contributed by atoms with Gasteiger partial charge in [0.25, 0.3) is 0 Å². The number of nitrogens with zero attached hydrogens (tertiary/aromatic N) is 2. The number of hydrogen-bond acceptors (Lipinski definition) is 2. The lowest BCUT2D eigenvalue weighted by Gasteiger charge is -2.17. The van der Waals surface area contributed by atoms with E-state index in [2.05, 4.69) is 29.4 Å². The minimum absolute atomic E-state index is 0. The summed E-state index contributed by atoms with van der Waals surface area (Å²) in [6.45, 7) is 9.97. The lowest BCUT2D eigenvalue weighted by atomic mass is 10.1. The third-order valence-corrected chi connectivity index (χ3v) is 4.37. The summed E-state index contributed by atoms with van der Waals surface area (Å²) in [5.41, 5.74) is 0. The van der Waals surface area contributed by atoms with E-state index >= 15 is 0 Å². The van der Waals surface area contributed by atoms with Gasteiger partial charge in [0.1, 0.15) is 0 Å². The minimum Gasteiger partial charge on any atom is -0.357 e. The fraction of sp³-hybridized carbons (Fsp3) is 0.933. The van der Waals surface area contributed by atoms with Crippen LogP contribution in [-0.2, 0) is 0 Å². The third kappa shape index (κ3) is 5.76. The maximum absolute atomic E-state index is 4.80. The van der Waals surface area contributed by atoms with Crippen LogP contribution < -0.4 is 10.6 Å². The highest BCUT2D eigenvalue weighted by Gasteiger charge is 2.21. The molecule has 2 N–H and O–H groups in total. The molecule has 1 aliphatic carbocycles. The van der Waals surface area contributed by atoms with Gasteiger partial charge < -0.3 is 15.5 Å². The van der Waals surface area contributed by atoms with E-state index in [0.717, 1.165) is 25.0 Å². The third-order valence-electron chi connectivity index (χ3n) is 4.37. The van der Waals surface area contributed by atoms with Gasteiger partial charge in [-0.3, -0.25) is 4.99 Å². The number of likely N-dealkylation sites (tertiary alicyclic amines) is 1. The Morgan fingerprint density at radius 3 is 2.55 bits per heavy atom. The zero-order valence-electron chi connectivity index (χ0n) is 13.0. The van der Waals surface area contributed by atoms with Gasteiger partial charge >= 0.3 is 0 Å². The van der Waals surface area contributed by atoms with Crippen molar-refractivity contribution in [2.24, 2.45) is 10.9 Å². The molecular formula is C15H31IN4. The van der Waals surface area contributed by atoms with Crippen molar-refractivity contribution in [1.29, 1.82) is 0 Å². The molecule has 0 radical (unpaired) electrons. The largest absolute Gasteiger partial charge is 0.357 e. The number of halogens is 1. The molecule has 0 aromatic carbocycles. The molecule has 1 atom stereocenters. The Morgan fingerprint density at radius 2 is 1.95 bits per heavy atom. The molecule has 5 heteroatoms. The first kappa shape index (κ1) is 18.0. The molecule has 0 bridgehead atoms. The summed E-state index contributed by atoms with van der Waals surface area (Å²) in [6.07, 6.45) is 6.64. The Hall–Kier alpha value is -0.0400. The Bertz CT molecular complexity index is 290. The quantitative estimate of drug-likeness (QED) is 0.428. The second-order valence-corrected chi connectivity index (χ2v) is 5.89. The highest BCUT2D eigenvalue weighted by atomic mass is 127. The van der Waals surface area contributed by atoms with E-state index in [4.69, 9.17) is 4.99 Å². The monoisotopic (exact) mass is 394 g/mol. The van der Waals surface area contributed by atoms with Crippen molar-refractivity contribution in [3.8, 4) is 0 Å². The first-order chi connectivity index (χ1) is 9.31. The fourth-order valence-corrected chi connectivity index (χ4v) is 3.15. The van der Waals surface area contributed by atoms with Crippen LogP contribution in [0.4, 0.5) is 0 Å². The van der Waals surface area contributed by atoms with E-state index in [1.54, 1.807) is 0 Å². The molecule has 1 aliphatic heterocycles. The van der Waals surface area contributed by atoms with E-state index in [1.807, 2.05) is 0 Å². The smallest absolute Gasteiger partial charge is 0.191 e. The van der Waals surface area contributed by atoms with Crippen molar-refractivity contribution in [2.75, 3.05) is 32.7 Å². The van der Waals surface area contributed by atoms with Gasteiger partial charge in [-0.1, -0.05) is 19.8 Å². The molecule has 0 spiro atoms. The standard InChI is InChI=1S/C15H30N4.HI/c1-3-16-15(18-14-7-5-6-8-14)17-11-13-9-10-19(4-2)12-13;/h13-14H,3-12H2,1-2H3,(H2,16,17,18);1H. The van der Waals surface area contributed by atoms with Gasteiger partial charge in [0.2, 0.25) is 0 Å². The Morgan fingerprint density at radius 1 is 1.20 bits per heavy atom. The highest BCUT2D eigenvalue weighted by molar-refractivity contribution is 14.0. The van der Waals surface area contributed by atoms with E-state index in [1.165, 1.54) is 51.7 Å². The van der Waals surface area contributed by atoms with Gasteiger partial charge in [-0.2, -0.15) is 0 Å². The summed E-state index contributed by atoms with van der Waals surface area (Å²) < 4.78 is 0. The van der Waals surface area contributed by atoms with Crippen LogP contribution in [0.15, 0.2) is 4.99 Å². The summed E-state index contributed by atoms with van der Waals surface area (Å²) >= 11 is 0. The summed E-state index contributed by atoms with van der Waals surface area (Å²) in [5.74, 6) is 1.78. The Balaban J connectivity index is 0.00000200. The van der Waals surface area contributed by atoms with Crippen LogP contribution >= 0.6 is 24.0 Å². The SMILES string of the molecule is CCNC(=NCC1CCN(CC)C1)NC1CCCC1.I. The van der Waals surface area contributed by atoms with Gasteiger partial charge in [0, 0.05) is 25.7 Å². The molecule has 4 nitrogen and oxygen atoms in total. The average Bonchev–Trinajstić information content (AvgIpc) is 3.07. The van der Waals surface area contributed by atoms with E-state index < -0.39 is 0 Å². The molecule has 2 aliphatic rings. The normalized spacial score (nSPS) is 24.7. The lowest BCUT2D eigenvalue weighted by Crippen LogP contribution is -2.42. The predicted molar refractivity (Wildman–Crippen MR) is 97.0 cm³/mol. The predicted octanol–water partition coefficient (Wildman–Crippen LogP) is 2.44. The summed E-state index contributed by atoms with van der Waals surface area (Å²) in [4.78, 5) is 7.32. The van der Waals surface area contributed by atoms with Crippen molar-refractivity contribution in [3.63, 3.8) is 0 Å². The molecule has 0 aromatic rings. The summed E-state index contributed by atoms with van der Waals surface area (Å²) in [6, 6.07) is 0.647. The second-order valence-electron chi connectivity index (χ2n) is 5.89. The topological polar surface area (TPSA) is 39.7 Å². The second kappa shape index (κ2) is 9.82. The molecule has 1 heterocycles. The number of nitrogens with one attached hydrogen (secondary N) is 2. The molecule has 20 heavy (non-hydrogen) atoms. The van der Waals surface area contributed by atoms with Crippen molar-refractivity contribution >= 4 is 29.9 Å². The maximum atomic E-state index is 4.80. The molecular weight excluding hydrogens is 363 g/mol. The van der Waals surface area contributed by atoms with Crippen molar-refractivity contribution in [1.82, 2.24) is 15.5 Å². The summed E-state index contributed by atoms with van der Waals surface area (Å²) in [7, 11) is 0. The van der Waals surface area contributed by atoms with E-state index in [0.29, 0.717) is 6.04 Å². The van der Waals surface area contributed by atoms with E-state index in [9.17, 15) is 0 Å². The van der Waals surface area contributed by atoms with Crippen LogP contribution in [0.25, 0.3) is 0 Å². The van der Waals surface area contributed by atoms with Crippen molar-refractivity contribution < 1.29 is 0 Å². The van der Waals surface area contributed by atoms with Gasteiger partial charge in [-0.05, 0) is 45.2 Å². The highest BCUT2D eigenvalue weighted by Crippen LogP contribution is 2.18. The zero-order chi connectivity index (χ0) is 13.5. The van der Waals surface area contributed by atoms with Crippen LogP contribution in [0.5, 0.6) is 0 Å². The van der Waals surface area contributed by atoms with Crippen LogP contribution in [0.2, 0.25) is 0 Å². The number of aliphatic imine (C=N–C) groups is 1. The molecule has 0 amide bonds. The molecule has 1 saturated heterocycles. The molecule has 0 aromatic heterocycles. The van der Waals surface area contributed by atoms with E-state index in [-0.39, 0.29) is 24.0 Å². The van der Waals surface area contributed by atoms with Crippen LogP contribution in [-0.4, -0.2) is 49.6 Å². The molecule has 1 saturated carbocycles. The first-order valence-corrected chi connectivity index (χ1v) is 8.09. The molecule has 118 valence electrons. The van der Waals surface area contributed by atoms with Gasteiger partial charge in [-0.15, -0.1) is 24.0 Å². The average molecular weight is 394 g/mol. The Kier molecular flexibility index (Phi) is 8.84. The zero-order valence-corrected chi connectivity index (χ0v) is 15.4. The molecule has 2 fully saturated rings. The number of guanidine groups is 1. The summed E-state index contributed by atoms with van der Waals surface area (Å²) in [5, 5.41) is 6.98. The van der Waals surface area contributed by atoms with Gasteiger partial charge in [-0.25, -0.2) is 0 Å². The minimum atomic E-state index is 0. The molecule has 1 unspecified atom stereocenters. The lowest BCUT2D eigenvalue weighted by molar-refractivity contribution is 0.343. The van der Waals surface area contributed by atoms with Crippen molar-refractivity contribution in [2.45, 2.75) is 52.0 Å². The number of rotatable bonds is 5. The fourth-order valence-electron chi connectivity index (χ4n) is 3.15. The number of hydrogen-bond donors (Lipinski definition) is 2. The molecule has 2 rings (SSSR count). The van der Waals surface area contributed by atoms with Crippen LogP contribution in [0, 0.1) is 5.92 Å².